The van der Waals surface area contributed by atoms with Gasteiger partial charge in [-0.1, -0.05) is 12.1 Å². The van der Waals surface area contributed by atoms with Crippen molar-refractivity contribution in [3.05, 3.63) is 52.5 Å². The fourth-order valence-electron chi connectivity index (χ4n) is 3.25. The van der Waals surface area contributed by atoms with Crippen LogP contribution in [0.2, 0.25) is 0 Å². The molecule has 168 valence electrons. The van der Waals surface area contributed by atoms with Crippen molar-refractivity contribution >= 4 is 11.7 Å². The lowest BCUT2D eigenvalue weighted by molar-refractivity contribution is -0.137. The molecule has 2 heterocycles. The van der Waals surface area contributed by atoms with E-state index >= 15 is 0 Å². The monoisotopic (exact) mass is 438 g/mol. The number of ether oxygens (including phenoxy) is 2. The average Bonchev–Trinajstić information content (AvgIpc) is 3.19. The molecule has 0 bridgehead atoms. The summed E-state index contributed by atoms with van der Waals surface area (Å²) in [6, 6.07) is 5.03. The summed E-state index contributed by atoms with van der Waals surface area (Å²) in [7, 11) is 0. The maximum Gasteiger partial charge on any atom is 0.416 e. The van der Waals surface area contributed by atoms with E-state index in [0.717, 1.165) is 12.1 Å². The summed E-state index contributed by atoms with van der Waals surface area (Å²) < 4.78 is 50.2. The Hall–Kier alpha value is -2.72. The first-order chi connectivity index (χ1) is 14.6. The molecule has 1 aliphatic heterocycles. The number of nitrogens with one attached hydrogen (secondary N) is 2. The molecule has 1 aromatic heterocycles. The number of carbonyl (C=O) groups is 1. The minimum atomic E-state index is -4.42. The van der Waals surface area contributed by atoms with Crippen molar-refractivity contribution in [2.75, 3.05) is 18.5 Å². The predicted molar refractivity (Wildman–Crippen MR) is 107 cm³/mol. The van der Waals surface area contributed by atoms with E-state index in [4.69, 9.17) is 9.47 Å². The van der Waals surface area contributed by atoms with Crippen molar-refractivity contribution in [2.45, 2.75) is 52.2 Å². The lowest BCUT2D eigenvalue weighted by atomic mass is 10.1. The first kappa shape index (κ1) is 23.0. The van der Waals surface area contributed by atoms with E-state index < -0.39 is 18.0 Å². The van der Waals surface area contributed by atoms with Crippen LogP contribution in [0.1, 0.15) is 48.3 Å². The molecule has 1 aromatic carbocycles. The van der Waals surface area contributed by atoms with Gasteiger partial charge in [0.15, 0.2) is 6.29 Å². The van der Waals surface area contributed by atoms with E-state index in [-0.39, 0.29) is 24.9 Å². The third kappa shape index (κ3) is 6.14. The second-order valence-corrected chi connectivity index (χ2v) is 7.50. The second kappa shape index (κ2) is 9.61. The zero-order valence-corrected chi connectivity index (χ0v) is 17.5. The zero-order valence-electron chi connectivity index (χ0n) is 17.5. The van der Waals surface area contributed by atoms with Crippen molar-refractivity contribution in [2.24, 2.45) is 0 Å². The number of halogens is 3. The molecular formula is C21H25F3N4O3. The minimum Gasteiger partial charge on any atom is -0.365 e. The highest BCUT2D eigenvalue weighted by Gasteiger charge is 2.31. The van der Waals surface area contributed by atoms with Gasteiger partial charge < -0.3 is 20.1 Å². The van der Waals surface area contributed by atoms with E-state index in [2.05, 4.69) is 20.6 Å². The molecule has 1 fully saturated rings. The molecule has 0 saturated carbocycles. The van der Waals surface area contributed by atoms with E-state index in [0.29, 0.717) is 41.7 Å². The summed E-state index contributed by atoms with van der Waals surface area (Å²) in [6.45, 7) is 6.24. The van der Waals surface area contributed by atoms with Gasteiger partial charge in [-0.3, -0.25) is 4.79 Å². The third-order valence-electron chi connectivity index (χ3n) is 4.49. The van der Waals surface area contributed by atoms with Gasteiger partial charge in [0.25, 0.3) is 0 Å². The Morgan fingerprint density at radius 3 is 2.58 bits per heavy atom. The maximum atomic E-state index is 13.0. The number of benzene rings is 1. The number of rotatable bonds is 7. The Balaban J connectivity index is 1.89. The van der Waals surface area contributed by atoms with Gasteiger partial charge in [0.1, 0.15) is 11.6 Å². The molecule has 2 N–H and O–H groups in total. The van der Waals surface area contributed by atoms with Crippen LogP contribution in [-0.4, -0.2) is 35.1 Å². The largest absolute Gasteiger partial charge is 0.416 e. The van der Waals surface area contributed by atoms with Crippen LogP contribution >= 0.6 is 0 Å². The van der Waals surface area contributed by atoms with Crippen LogP contribution in [0.5, 0.6) is 0 Å². The smallest absolute Gasteiger partial charge is 0.365 e. The molecular weight excluding hydrogens is 413 g/mol. The van der Waals surface area contributed by atoms with Gasteiger partial charge in [0.2, 0.25) is 5.91 Å². The molecule has 3 rings (SSSR count). The molecule has 0 aliphatic carbocycles. The van der Waals surface area contributed by atoms with Gasteiger partial charge in [-0.2, -0.15) is 13.2 Å². The number of carbonyl (C=O) groups excluding carboxylic acids is 1. The first-order valence-corrected chi connectivity index (χ1v) is 9.93. The zero-order chi connectivity index (χ0) is 22.6. The lowest BCUT2D eigenvalue weighted by Gasteiger charge is -2.20. The number of hydrogen-bond acceptors (Lipinski definition) is 6. The Morgan fingerprint density at radius 2 is 1.94 bits per heavy atom. The van der Waals surface area contributed by atoms with Crippen molar-refractivity contribution in [1.29, 1.82) is 0 Å². The number of aromatic nitrogens is 2. The molecule has 1 aliphatic rings. The fourth-order valence-corrected chi connectivity index (χ4v) is 3.25. The lowest BCUT2D eigenvalue weighted by Crippen LogP contribution is -2.32. The Kier molecular flexibility index (Phi) is 7.11. The number of aryl methyl sites for hydroxylation is 1. The van der Waals surface area contributed by atoms with Crippen LogP contribution in [0, 0.1) is 6.92 Å². The maximum absolute atomic E-state index is 13.0. The van der Waals surface area contributed by atoms with E-state index in [1.54, 1.807) is 13.0 Å². The van der Waals surface area contributed by atoms with E-state index in [1.165, 1.54) is 6.07 Å². The fraction of sp³-hybridized carbons (Fsp3) is 0.476. The highest BCUT2D eigenvalue weighted by atomic mass is 19.4. The molecule has 7 nitrogen and oxygen atoms in total. The van der Waals surface area contributed by atoms with Crippen molar-refractivity contribution < 1.29 is 27.4 Å². The summed E-state index contributed by atoms with van der Waals surface area (Å²) in [5, 5.41) is 5.89. The van der Waals surface area contributed by atoms with Crippen molar-refractivity contribution in [3.8, 4) is 0 Å². The molecule has 0 atom stereocenters. The molecule has 0 unspecified atom stereocenters. The van der Waals surface area contributed by atoms with Crippen LogP contribution in [0.4, 0.5) is 19.0 Å². The average molecular weight is 438 g/mol. The van der Waals surface area contributed by atoms with Gasteiger partial charge in [-0.15, -0.1) is 0 Å². The van der Waals surface area contributed by atoms with Crippen LogP contribution in [0.25, 0.3) is 0 Å². The molecule has 0 spiro atoms. The molecule has 1 saturated heterocycles. The van der Waals surface area contributed by atoms with Crippen LogP contribution in [0.15, 0.2) is 24.3 Å². The molecule has 31 heavy (non-hydrogen) atoms. The summed E-state index contributed by atoms with van der Waals surface area (Å²) in [5.41, 5.74) is 0.641. The summed E-state index contributed by atoms with van der Waals surface area (Å²) in [5.74, 6) is 0.570. The minimum absolute atomic E-state index is 0.00165. The quantitative estimate of drug-likeness (QED) is 0.688. The Labute approximate surface area is 178 Å². The van der Waals surface area contributed by atoms with Gasteiger partial charge in [0.05, 0.1) is 36.5 Å². The number of hydrogen-bond donors (Lipinski definition) is 2. The molecule has 10 heteroatoms. The number of anilines is 1. The second-order valence-electron chi connectivity index (χ2n) is 7.50. The molecule has 0 radical (unpaired) electrons. The first-order valence-electron chi connectivity index (χ1n) is 9.93. The number of alkyl halides is 3. The highest BCUT2D eigenvalue weighted by Crippen LogP contribution is 2.32. The van der Waals surface area contributed by atoms with Crippen molar-refractivity contribution in [3.63, 3.8) is 0 Å². The van der Waals surface area contributed by atoms with Gasteiger partial charge in [-0.05, 0) is 38.5 Å². The van der Waals surface area contributed by atoms with Crippen LogP contribution in [-0.2, 0) is 33.4 Å². The highest BCUT2D eigenvalue weighted by molar-refractivity contribution is 5.79. The third-order valence-corrected chi connectivity index (χ3v) is 4.49. The topological polar surface area (TPSA) is 85.4 Å². The van der Waals surface area contributed by atoms with Gasteiger partial charge in [-0.25, -0.2) is 9.97 Å². The molecule has 1 amide bonds. The summed E-state index contributed by atoms with van der Waals surface area (Å²) in [4.78, 5) is 21.1. The Morgan fingerprint density at radius 1 is 1.23 bits per heavy atom. The van der Waals surface area contributed by atoms with Gasteiger partial charge >= 0.3 is 6.18 Å². The number of nitrogens with zero attached hydrogens (tertiary/aromatic N) is 2. The van der Waals surface area contributed by atoms with Crippen LogP contribution in [0.3, 0.4) is 0 Å². The Bertz CT molecular complexity index is 929. The SMILES string of the molecule is Cc1nc(CC(=O)NC(C)C)c(C2OCCO2)c(NCc2cccc(C(F)(F)F)c2)n1. The molecule has 2 aromatic rings. The van der Waals surface area contributed by atoms with Crippen molar-refractivity contribution in [1.82, 2.24) is 15.3 Å². The summed E-state index contributed by atoms with van der Waals surface area (Å²) >= 11 is 0. The van der Waals surface area contributed by atoms with Gasteiger partial charge in [0, 0.05) is 12.6 Å². The number of amides is 1. The standard InChI is InChI=1S/C21H25F3N4O3/c1-12(2)26-17(29)10-16-18(20-30-7-8-31-20)19(28-13(3)27-16)25-11-14-5-4-6-15(9-14)21(22,23)24/h4-6,9,12,20H,7-8,10-11H2,1-3H3,(H,26,29)(H,25,27,28). The van der Waals surface area contributed by atoms with E-state index in [1.807, 2.05) is 13.8 Å². The van der Waals surface area contributed by atoms with E-state index in [9.17, 15) is 18.0 Å². The summed E-state index contributed by atoms with van der Waals surface area (Å²) in [6.07, 6.45) is -5.18. The normalized spacial score (nSPS) is 14.8. The predicted octanol–water partition coefficient (Wildman–Crippen LogP) is 3.53. The van der Waals surface area contributed by atoms with Crippen LogP contribution < -0.4 is 10.6 Å².